The fraction of sp³-hybridized carbons (Fsp3) is 0.231. The number of carbonyl (C=O) groups excluding carboxylic acids is 1. The third-order valence-electron chi connectivity index (χ3n) is 2.65. The van der Waals surface area contributed by atoms with Crippen LogP contribution in [0.3, 0.4) is 0 Å². The molecule has 0 atom stereocenters. The van der Waals surface area contributed by atoms with Gasteiger partial charge in [0.1, 0.15) is 0 Å². The molecule has 5 heteroatoms. The molecule has 0 radical (unpaired) electrons. The Bertz CT molecular complexity index is 481. The lowest BCUT2D eigenvalue weighted by Gasteiger charge is -2.21. The van der Waals surface area contributed by atoms with Crippen LogP contribution in [0.1, 0.15) is 15.9 Å². The van der Waals surface area contributed by atoms with E-state index in [-0.39, 0.29) is 5.91 Å². The predicted molar refractivity (Wildman–Crippen MR) is 68.8 cm³/mol. The zero-order valence-electron chi connectivity index (χ0n) is 10.0. The van der Waals surface area contributed by atoms with Gasteiger partial charge in [-0.1, -0.05) is 30.3 Å². The van der Waals surface area contributed by atoms with E-state index in [1.165, 1.54) is 6.20 Å². The molecule has 1 amide bonds. The van der Waals surface area contributed by atoms with Gasteiger partial charge in [-0.05, 0) is 5.56 Å². The molecule has 0 spiro atoms. The molecule has 2 rings (SSSR count). The highest BCUT2D eigenvalue weighted by molar-refractivity contribution is 5.93. The fourth-order valence-corrected chi connectivity index (χ4v) is 1.76. The molecule has 2 aromatic rings. The highest BCUT2D eigenvalue weighted by Crippen LogP contribution is 2.08. The molecule has 0 fully saturated rings. The number of nitrogens with two attached hydrogens (primary N) is 1. The van der Waals surface area contributed by atoms with Crippen molar-refractivity contribution in [3.8, 4) is 0 Å². The first-order valence-electron chi connectivity index (χ1n) is 5.83. The van der Waals surface area contributed by atoms with E-state index in [1.54, 1.807) is 11.1 Å². The molecule has 0 aliphatic heterocycles. The Kier molecular flexibility index (Phi) is 4.09. The van der Waals surface area contributed by atoms with Crippen LogP contribution >= 0.6 is 0 Å². The van der Waals surface area contributed by atoms with Crippen molar-refractivity contribution in [1.29, 1.82) is 0 Å². The minimum Gasteiger partial charge on any atom is -0.333 e. The Hall–Kier alpha value is -2.14. The lowest BCUT2D eigenvalue weighted by atomic mass is 10.2. The number of carbonyl (C=O) groups is 1. The highest BCUT2D eigenvalue weighted by atomic mass is 16.2. The van der Waals surface area contributed by atoms with Gasteiger partial charge in [-0.25, -0.2) is 0 Å². The Balaban J connectivity index is 2.11. The van der Waals surface area contributed by atoms with Crippen LogP contribution in [0.5, 0.6) is 0 Å². The van der Waals surface area contributed by atoms with E-state index in [0.29, 0.717) is 25.2 Å². The maximum absolute atomic E-state index is 12.2. The molecule has 0 aliphatic rings. The summed E-state index contributed by atoms with van der Waals surface area (Å²) in [6.45, 7) is 1.53. The highest BCUT2D eigenvalue weighted by Gasteiger charge is 2.16. The number of nitrogens with zero attached hydrogens (tertiary/aromatic N) is 2. The van der Waals surface area contributed by atoms with E-state index < -0.39 is 0 Å². The quantitative estimate of drug-likeness (QED) is 0.824. The lowest BCUT2D eigenvalue weighted by Crippen LogP contribution is -2.34. The van der Waals surface area contributed by atoms with Gasteiger partial charge >= 0.3 is 0 Å². The summed E-state index contributed by atoms with van der Waals surface area (Å²) in [4.78, 5) is 13.9. The van der Waals surface area contributed by atoms with Crippen LogP contribution in [0.25, 0.3) is 0 Å². The number of aromatic nitrogens is 2. The molecule has 94 valence electrons. The molecule has 0 saturated carbocycles. The molecule has 0 aliphatic carbocycles. The SMILES string of the molecule is NCCN(Cc1ccccc1)C(=O)c1cn[nH]c1. The topological polar surface area (TPSA) is 75.0 Å². The molecule has 1 aromatic carbocycles. The smallest absolute Gasteiger partial charge is 0.257 e. The van der Waals surface area contributed by atoms with Crippen LogP contribution in [0.4, 0.5) is 0 Å². The zero-order valence-corrected chi connectivity index (χ0v) is 10.0. The van der Waals surface area contributed by atoms with Crippen LogP contribution in [0, 0.1) is 0 Å². The summed E-state index contributed by atoms with van der Waals surface area (Å²) in [6.07, 6.45) is 3.12. The van der Waals surface area contributed by atoms with Gasteiger partial charge in [0.05, 0.1) is 11.8 Å². The first kappa shape index (κ1) is 12.3. The zero-order chi connectivity index (χ0) is 12.8. The van der Waals surface area contributed by atoms with Crippen molar-refractivity contribution in [2.45, 2.75) is 6.54 Å². The molecular weight excluding hydrogens is 228 g/mol. The summed E-state index contributed by atoms with van der Waals surface area (Å²) in [5.74, 6) is -0.0574. The molecule has 18 heavy (non-hydrogen) atoms. The van der Waals surface area contributed by atoms with Crippen molar-refractivity contribution in [3.05, 3.63) is 53.9 Å². The fourth-order valence-electron chi connectivity index (χ4n) is 1.76. The molecule has 1 aromatic heterocycles. The number of benzene rings is 1. The molecule has 0 unspecified atom stereocenters. The molecule has 1 heterocycles. The molecule has 0 saturated heterocycles. The summed E-state index contributed by atoms with van der Waals surface area (Å²) in [6, 6.07) is 9.85. The van der Waals surface area contributed by atoms with E-state index in [1.807, 2.05) is 30.3 Å². The normalized spacial score (nSPS) is 10.3. The molecule has 5 nitrogen and oxygen atoms in total. The number of rotatable bonds is 5. The number of hydrogen-bond donors (Lipinski definition) is 2. The van der Waals surface area contributed by atoms with Crippen molar-refractivity contribution in [2.75, 3.05) is 13.1 Å². The van der Waals surface area contributed by atoms with E-state index >= 15 is 0 Å². The second-order valence-corrected chi connectivity index (χ2v) is 3.99. The van der Waals surface area contributed by atoms with Gasteiger partial charge in [0, 0.05) is 25.8 Å². The lowest BCUT2D eigenvalue weighted by molar-refractivity contribution is 0.0748. The van der Waals surface area contributed by atoms with Crippen molar-refractivity contribution in [3.63, 3.8) is 0 Å². The number of hydrogen-bond acceptors (Lipinski definition) is 3. The summed E-state index contributed by atoms with van der Waals surface area (Å²) in [7, 11) is 0. The minimum atomic E-state index is -0.0574. The monoisotopic (exact) mass is 244 g/mol. The van der Waals surface area contributed by atoms with E-state index in [0.717, 1.165) is 5.56 Å². The largest absolute Gasteiger partial charge is 0.333 e. The summed E-state index contributed by atoms with van der Waals surface area (Å²) in [5, 5.41) is 6.43. The standard InChI is InChI=1S/C13H16N4O/c14-6-7-17(10-11-4-2-1-3-5-11)13(18)12-8-15-16-9-12/h1-5,8-9H,6-7,10,14H2,(H,15,16). The summed E-state index contributed by atoms with van der Waals surface area (Å²) < 4.78 is 0. The number of amides is 1. The third kappa shape index (κ3) is 2.95. The Morgan fingerprint density at radius 2 is 2.11 bits per heavy atom. The van der Waals surface area contributed by atoms with Crippen molar-refractivity contribution in [2.24, 2.45) is 5.73 Å². The number of nitrogens with one attached hydrogen (secondary N) is 1. The Morgan fingerprint density at radius 1 is 1.33 bits per heavy atom. The maximum atomic E-state index is 12.2. The van der Waals surface area contributed by atoms with Crippen LogP contribution in [0.2, 0.25) is 0 Å². The number of aromatic amines is 1. The van der Waals surface area contributed by atoms with Crippen molar-refractivity contribution >= 4 is 5.91 Å². The average Bonchev–Trinajstić information content (AvgIpc) is 2.92. The second kappa shape index (κ2) is 5.97. The second-order valence-electron chi connectivity index (χ2n) is 3.99. The van der Waals surface area contributed by atoms with Gasteiger partial charge in [-0.15, -0.1) is 0 Å². The average molecular weight is 244 g/mol. The first-order valence-corrected chi connectivity index (χ1v) is 5.83. The van der Waals surface area contributed by atoms with Crippen LogP contribution in [0.15, 0.2) is 42.7 Å². The molecule has 0 bridgehead atoms. The predicted octanol–water partition coefficient (Wildman–Crippen LogP) is 1.01. The van der Waals surface area contributed by atoms with E-state index in [4.69, 9.17) is 5.73 Å². The maximum Gasteiger partial charge on any atom is 0.257 e. The van der Waals surface area contributed by atoms with Gasteiger partial charge < -0.3 is 10.6 Å². The van der Waals surface area contributed by atoms with Gasteiger partial charge in [-0.2, -0.15) is 5.10 Å². The molecule has 3 N–H and O–H groups in total. The number of H-pyrrole nitrogens is 1. The van der Waals surface area contributed by atoms with Crippen LogP contribution in [-0.4, -0.2) is 34.1 Å². The Morgan fingerprint density at radius 3 is 2.72 bits per heavy atom. The first-order chi connectivity index (χ1) is 8.81. The van der Waals surface area contributed by atoms with Gasteiger partial charge in [0.25, 0.3) is 5.91 Å². The van der Waals surface area contributed by atoms with E-state index in [2.05, 4.69) is 10.2 Å². The Labute approximate surface area is 106 Å². The van der Waals surface area contributed by atoms with E-state index in [9.17, 15) is 4.79 Å². The van der Waals surface area contributed by atoms with Crippen LogP contribution < -0.4 is 5.73 Å². The van der Waals surface area contributed by atoms with Gasteiger partial charge in [-0.3, -0.25) is 9.89 Å². The van der Waals surface area contributed by atoms with Gasteiger partial charge in [0.2, 0.25) is 0 Å². The van der Waals surface area contributed by atoms with Crippen molar-refractivity contribution in [1.82, 2.24) is 15.1 Å². The van der Waals surface area contributed by atoms with Crippen LogP contribution in [-0.2, 0) is 6.54 Å². The third-order valence-corrected chi connectivity index (χ3v) is 2.65. The van der Waals surface area contributed by atoms with Gasteiger partial charge in [0.15, 0.2) is 0 Å². The summed E-state index contributed by atoms with van der Waals surface area (Å²) in [5.41, 5.74) is 7.20. The van der Waals surface area contributed by atoms with Crippen molar-refractivity contribution < 1.29 is 4.79 Å². The molecular formula is C13H16N4O. The summed E-state index contributed by atoms with van der Waals surface area (Å²) >= 11 is 0. The minimum absolute atomic E-state index is 0.0574.